The van der Waals surface area contributed by atoms with Crippen LogP contribution in [0.15, 0.2) is 35.7 Å². The van der Waals surface area contributed by atoms with Gasteiger partial charge >= 0.3 is 6.03 Å². The second kappa shape index (κ2) is 7.10. The zero-order valence-corrected chi connectivity index (χ0v) is 13.9. The van der Waals surface area contributed by atoms with Crippen molar-refractivity contribution in [2.75, 3.05) is 19.7 Å². The van der Waals surface area contributed by atoms with Crippen molar-refractivity contribution in [2.45, 2.75) is 19.4 Å². The van der Waals surface area contributed by atoms with Crippen molar-refractivity contribution >= 4 is 17.4 Å². The van der Waals surface area contributed by atoms with Crippen molar-refractivity contribution in [3.05, 3.63) is 40.7 Å². The molecule has 0 bridgehead atoms. The molecule has 122 valence electrons. The monoisotopic (exact) mass is 331 g/mol. The molecule has 1 aliphatic heterocycles. The topological polar surface area (TPSA) is 65.5 Å². The number of urea groups is 1. The lowest BCUT2D eigenvalue weighted by atomic mass is 10.1. The van der Waals surface area contributed by atoms with E-state index in [9.17, 15) is 4.79 Å². The Bertz CT molecular complexity index is 659. The molecule has 1 saturated heterocycles. The minimum atomic E-state index is -0.127. The van der Waals surface area contributed by atoms with E-state index >= 15 is 0 Å². The molecular weight excluding hydrogens is 310 g/mol. The Morgan fingerprint density at radius 2 is 2.26 bits per heavy atom. The van der Waals surface area contributed by atoms with E-state index in [4.69, 9.17) is 5.11 Å². The Kier molecular flexibility index (Phi) is 4.93. The van der Waals surface area contributed by atoms with E-state index in [1.54, 1.807) is 16.2 Å². The van der Waals surface area contributed by atoms with Crippen LogP contribution in [0.25, 0.3) is 11.3 Å². The molecule has 2 heterocycles. The van der Waals surface area contributed by atoms with Crippen LogP contribution in [0.2, 0.25) is 0 Å². The molecule has 0 aliphatic carbocycles. The van der Waals surface area contributed by atoms with Gasteiger partial charge in [0, 0.05) is 36.6 Å². The fourth-order valence-electron chi connectivity index (χ4n) is 2.73. The third-order valence-corrected chi connectivity index (χ3v) is 5.16. The van der Waals surface area contributed by atoms with E-state index in [1.807, 2.05) is 42.6 Å². The van der Waals surface area contributed by atoms with Gasteiger partial charge in [-0.05, 0) is 13.3 Å². The van der Waals surface area contributed by atoms with Crippen molar-refractivity contribution in [1.82, 2.24) is 15.2 Å². The van der Waals surface area contributed by atoms with Crippen LogP contribution in [0.4, 0.5) is 4.79 Å². The van der Waals surface area contributed by atoms with E-state index in [0.717, 1.165) is 22.7 Å². The van der Waals surface area contributed by atoms with E-state index in [1.165, 1.54) is 0 Å². The zero-order chi connectivity index (χ0) is 16.2. The minimum absolute atomic E-state index is 0.0788. The lowest BCUT2D eigenvalue weighted by Gasteiger charge is -2.19. The van der Waals surface area contributed by atoms with Crippen molar-refractivity contribution in [3.8, 4) is 11.3 Å². The molecular formula is C17H21N3O2S. The second-order valence-electron chi connectivity index (χ2n) is 5.89. The summed E-state index contributed by atoms with van der Waals surface area (Å²) in [5.41, 5.74) is 2.02. The molecule has 0 radical (unpaired) electrons. The Morgan fingerprint density at radius 1 is 1.48 bits per heavy atom. The molecule has 0 saturated carbocycles. The fraction of sp³-hybridized carbons (Fsp3) is 0.412. The van der Waals surface area contributed by atoms with Gasteiger partial charge in [-0.25, -0.2) is 9.78 Å². The zero-order valence-electron chi connectivity index (χ0n) is 13.1. The third kappa shape index (κ3) is 3.71. The van der Waals surface area contributed by atoms with Crippen LogP contribution >= 0.6 is 11.3 Å². The van der Waals surface area contributed by atoms with Crippen molar-refractivity contribution in [2.24, 2.45) is 5.92 Å². The Labute approximate surface area is 140 Å². The van der Waals surface area contributed by atoms with Crippen LogP contribution in [0, 0.1) is 5.92 Å². The van der Waals surface area contributed by atoms with Crippen LogP contribution in [0.1, 0.15) is 24.4 Å². The van der Waals surface area contributed by atoms with E-state index in [0.29, 0.717) is 13.1 Å². The van der Waals surface area contributed by atoms with Crippen LogP contribution in [-0.4, -0.2) is 40.7 Å². The van der Waals surface area contributed by atoms with Crippen LogP contribution in [0.5, 0.6) is 0 Å². The number of carbonyl (C=O) groups is 1. The van der Waals surface area contributed by atoms with Gasteiger partial charge in [0.15, 0.2) is 0 Å². The van der Waals surface area contributed by atoms with Gasteiger partial charge in [-0.1, -0.05) is 30.3 Å². The number of nitrogens with one attached hydrogen (secondary N) is 1. The first-order valence-electron chi connectivity index (χ1n) is 7.84. The molecule has 1 aliphatic rings. The summed E-state index contributed by atoms with van der Waals surface area (Å²) in [4.78, 5) is 18.7. The molecule has 1 aromatic carbocycles. The molecule has 3 rings (SSSR count). The molecule has 2 unspecified atom stereocenters. The van der Waals surface area contributed by atoms with Crippen molar-refractivity contribution in [1.29, 1.82) is 0 Å². The summed E-state index contributed by atoms with van der Waals surface area (Å²) in [6.07, 6.45) is 0.869. The number of nitrogens with zero attached hydrogens (tertiary/aromatic N) is 2. The minimum Gasteiger partial charge on any atom is -0.396 e. The number of rotatable bonds is 4. The van der Waals surface area contributed by atoms with Crippen molar-refractivity contribution < 1.29 is 9.90 Å². The first-order chi connectivity index (χ1) is 11.2. The van der Waals surface area contributed by atoms with Gasteiger partial charge in [0.05, 0.1) is 11.7 Å². The summed E-state index contributed by atoms with van der Waals surface area (Å²) in [5.74, 6) is 0.209. The smallest absolute Gasteiger partial charge is 0.317 e. The SMILES string of the molecule is CC(NC(=O)N1CCC(CO)C1)c1nc(-c2ccccc2)cs1. The Balaban J connectivity index is 1.61. The number of likely N-dealkylation sites (tertiary alicyclic amines) is 1. The molecule has 2 amide bonds. The lowest BCUT2D eigenvalue weighted by molar-refractivity contribution is 0.195. The number of hydrogen-bond acceptors (Lipinski definition) is 4. The maximum Gasteiger partial charge on any atom is 0.317 e. The predicted molar refractivity (Wildman–Crippen MR) is 91.3 cm³/mol. The van der Waals surface area contributed by atoms with Gasteiger partial charge in [0.25, 0.3) is 0 Å². The van der Waals surface area contributed by atoms with E-state index in [2.05, 4.69) is 10.3 Å². The van der Waals surface area contributed by atoms with Gasteiger partial charge < -0.3 is 15.3 Å². The molecule has 5 nitrogen and oxygen atoms in total. The number of thiazole rings is 1. The van der Waals surface area contributed by atoms with Gasteiger partial charge in [-0.15, -0.1) is 11.3 Å². The second-order valence-corrected chi connectivity index (χ2v) is 6.78. The number of amides is 2. The maximum atomic E-state index is 12.3. The maximum absolute atomic E-state index is 12.3. The largest absolute Gasteiger partial charge is 0.396 e. The number of aliphatic hydroxyl groups excluding tert-OH is 1. The first kappa shape index (κ1) is 16.0. The van der Waals surface area contributed by atoms with Gasteiger partial charge in [-0.2, -0.15) is 0 Å². The highest BCUT2D eigenvalue weighted by molar-refractivity contribution is 7.10. The number of hydrogen-bond donors (Lipinski definition) is 2. The average molecular weight is 331 g/mol. The summed E-state index contributed by atoms with van der Waals surface area (Å²) in [6, 6.07) is 9.82. The molecule has 2 atom stereocenters. The molecule has 2 N–H and O–H groups in total. The van der Waals surface area contributed by atoms with E-state index in [-0.39, 0.29) is 24.6 Å². The van der Waals surface area contributed by atoms with E-state index < -0.39 is 0 Å². The molecule has 2 aromatic rings. The standard InChI is InChI=1S/C17H21N3O2S/c1-12(18-17(22)20-8-7-13(9-20)10-21)16-19-15(11-23-16)14-5-3-2-4-6-14/h2-6,11-13,21H,7-10H2,1H3,(H,18,22). The molecule has 1 fully saturated rings. The quantitative estimate of drug-likeness (QED) is 0.905. The highest BCUT2D eigenvalue weighted by atomic mass is 32.1. The Morgan fingerprint density at radius 3 is 2.96 bits per heavy atom. The first-order valence-corrected chi connectivity index (χ1v) is 8.72. The molecule has 6 heteroatoms. The molecule has 1 aromatic heterocycles. The van der Waals surface area contributed by atoms with Gasteiger partial charge in [0.2, 0.25) is 0 Å². The van der Waals surface area contributed by atoms with Gasteiger partial charge in [-0.3, -0.25) is 0 Å². The van der Waals surface area contributed by atoms with Crippen LogP contribution < -0.4 is 5.32 Å². The summed E-state index contributed by atoms with van der Waals surface area (Å²) in [7, 11) is 0. The normalized spacial score (nSPS) is 18.9. The Hall–Kier alpha value is -1.92. The summed E-state index contributed by atoms with van der Waals surface area (Å²) < 4.78 is 0. The number of carbonyl (C=O) groups excluding carboxylic acids is 1. The van der Waals surface area contributed by atoms with Gasteiger partial charge in [0.1, 0.15) is 5.01 Å². The number of aliphatic hydroxyl groups is 1. The summed E-state index contributed by atoms with van der Waals surface area (Å²) >= 11 is 1.56. The van der Waals surface area contributed by atoms with Crippen LogP contribution in [-0.2, 0) is 0 Å². The lowest BCUT2D eigenvalue weighted by Crippen LogP contribution is -2.39. The summed E-state index contributed by atoms with van der Waals surface area (Å²) in [6.45, 7) is 3.43. The third-order valence-electron chi connectivity index (χ3n) is 4.13. The highest BCUT2D eigenvalue weighted by Gasteiger charge is 2.26. The van der Waals surface area contributed by atoms with Crippen LogP contribution in [0.3, 0.4) is 0 Å². The summed E-state index contributed by atoms with van der Waals surface area (Å²) in [5, 5.41) is 15.1. The van der Waals surface area contributed by atoms with Crippen molar-refractivity contribution in [3.63, 3.8) is 0 Å². The molecule has 0 spiro atoms. The fourth-order valence-corrected chi connectivity index (χ4v) is 3.57. The number of aromatic nitrogens is 1. The highest BCUT2D eigenvalue weighted by Crippen LogP contribution is 2.25. The number of benzene rings is 1. The average Bonchev–Trinajstić information content (AvgIpc) is 3.25. The molecule has 23 heavy (non-hydrogen) atoms. The predicted octanol–water partition coefficient (Wildman–Crippen LogP) is 2.89.